The zero-order chi connectivity index (χ0) is 8.86. The quantitative estimate of drug-likeness (QED) is 0.672. The van der Waals surface area contributed by atoms with Crippen molar-refractivity contribution in [1.82, 2.24) is 5.32 Å². The molecule has 2 heteroatoms. The molecule has 1 aliphatic rings. The summed E-state index contributed by atoms with van der Waals surface area (Å²) in [5.74, 6) is 0. The van der Waals surface area contributed by atoms with Gasteiger partial charge in [0.15, 0.2) is 0 Å². The monoisotopic (exact) mass is 171 g/mol. The Morgan fingerprint density at radius 1 is 1.25 bits per heavy atom. The summed E-state index contributed by atoms with van der Waals surface area (Å²) in [5, 5.41) is 12.5. The summed E-state index contributed by atoms with van der Waals surface area (Å²) in [6, 6.07) is 0. The fraction of sp³-hybridized carbons (Fsp3) is 1.00. The minimum atomic E-state index is 0.265. The van der Waals surface area contributed by atoms with Crippen LogP contribution in [0.25, 0.3) is 0 Å². The number of hydrogen-bond donors (Lipinski definition) is 2. The third-order valence-corrected chi connectivity index (χ3v) is 3.15. The summed E-state index contributed by atoms with van der Waals surface area (Å²) in [7, 11) is 1.98. The second-order valence-corrected chi connectivity index (χ2v) is 4.07. The first-order valence-corrected chi connectivity index (χ1v) is 5.08. The van der Waals surface area contributed by atoms with Crippen molar-refractivity contribution in [3.05, 3.63) is 0 Å². The molecule has 0 aromatic carbocycles. The summed E-state index contributed by atoms with van der Waals surface area (Å²) in [4.78, 5) is 0. The molecule has 0 radical (unpaired) electrons. The van der Waals surface area contributed by atoms with E-state index in [-0.39, 0.29) is 5.41 Å². The van der Waals surface area contributed by atoms with Gasteiger partial charge in [-0.1, -0.05) is 19.3 Å². The normalized spacial score (nSPS) is 22.5. The highest BCUT2D eigenvalue weighted by atomic mass is 16.3. The Bertz CT molecular complexity index is 119. The van der Waals surface area contributed by atoms with Crippen LogP contribution in [-0.4, -0.2) is 25.3 Å². The first kappa shape index (κ1) is 10.0. The molecule has 72 valence electrons. The molecule has 1 saturated carbocycles. The number of aliphatic hydroxyl groups excluding tert-OH is 1. The Morgan fingerprint density at radius 2 is 1.92 bits per heavy atom. The fourth-order valence-corrected chi connectivity index (χ4v) is 2.18. The van der Waals surface area contributed by atoms with Crippen LogP contribution in [0, 0.1) is 5.41 Å². The van der Waals surface area contributed by atoms with Crippen LogP contribution in [-0.2, 0) is 0 Å². The van der Waals surface area contributed by atoms with Gasteiger partial charge >= 0.3 is 0 Å². The van der Waals surface area contributed by atoms with Crippen molar-refractivity contribution < 1.29 is 5.11 Å². The number of rotatable bonds is 4. The van der Waals surface area contributed by atoms with Crippen molar-refractivity contribution in [3.8, 4) is 0 Å². The van der Waals surface area contributed by atoms with Crippen LogP contribution in [0.15, 0.2) is 0 Å². The van der Waals surface area contributed by atoms with Gasteiger partial charge in [-0.05, 0) is 38.3 Å². The van der Waals surface area contributed by atoms with E-state index in [4.69, 9.17) is 0 Å². The SMILES string of the molecule is CNCCC1(CO)CCCCC1. The van der Waals surface area contributed by atoms with Gasteiger partial charge in [-0.25, -0.2) is 0 Å². The van der Waals surface area contributed by atoms with E-state index in [9.17, 15) is 5.11 Å². The average Bonchev–Trinajstić information content (AvgIpc) is 2.16. The molecular formula is C10H21NO. The lowest BCUT2D eigenvalue weighted by Gasteiger charge is -2.35. The molecule has 1 fully saturated rings. The standard InChI is InChI=1S/C10H21NO/c1-11-8-7-10(9-12)5-3-2-4-6-10/h11-12H,2-9H2,1H3. The van der Waals surface area contributed by atoms with Crippen molar-refractivity contribution in [2.75, 3.05) is 20.2 Å². The van der Waals surface area contributed by atoms with E-state index in [0.717, 1.165) is 13.0 Å². The molecule has 2 nitrogen and oxygen atoms in total. The van der Waals surface area contributed by atoms with Gasteiger partial charge in [-0.3, -0.25) is 0 Å². The Labute approximate surface area is 75.4 Å². The lowest BCUT2D eigenvalue weighted by atomic mass is 9.72. The Morgan fingerprint density at radius 3 is 2.42 bits per heavy atom. The molecule has 2 N–H and O–H groups in total. The smallest absolute Gasteiger partial charge is 0.0487 e. The van der Waals surface area contributed by atoms with Crippen LogP contribution < -0.4 is 5.32 Å². The summed E-state index contributed by atoms with van der Waals surface area (Å²) in [6.45, 7) is 1.43. The topological polar surface area (TPSA) is 32.3 Å². The summed E-state index contributed by atoms with van der Waals surface area (Å²) < 4.78 is 0. The Kier molecular flexibility index (Phi) is 4.02. The minimum absolute atomic E-state index is 0.265. The van der Waals surface area contributed by atoms with Crippen molar-refractivity contribution >= 4 is 0 Å². The largest absolute Gasteiger partial charge is 0.396 e. The van der Waals surface area contributed by atoms with E-state index in [0.29, 0.717) is 6.61 Å². The lowest BCUT2D eigenvalue weighted by Crippen LogP contribution is -2.31. The van der Waals surface area contributed by atoms with Gasteiger partial charge in [-0.15, -0.1) is 0 Å². The molecule has 0 atom stereocenters. The summed E-state index contributed by atoms with van der Waals surface area (Å²) in [5.41, 5.74) is 0.265. The highest BCUT2D eigenvalue weighted by Gasteiger charge is 2.30. The molecule has 0 heterocycles. The molecule has 12 heavy (non-hydrogen) atoms. The third kappa shape index (κ3) is 2.46. The van der Waals surface area contributed by atoms with E-state index in [1.54, 1.807) is 0 Å². The number of aliphatic hydroxyl groups is 1. The average molecular weight is 171 g/mol. The predicted molar refractivity (Wildman–Crippen MR) is 51.1 cm³/mol. The van der Waals surface area contributed by atoms with Crippen LogP contribution >= 0.6 is 0 Å². The maximum absolute atomic E-state index is 9.34. The molecule has 0 aliphatic heterocycles. The molecular weight excluding hydrogens is 150 g/mol. The van der Waals surface area contributed by atoms with Crippen LogP contribution in [0.3, 0.4) is 0 Å². The van der Waals surface area contributed by atoms with Gasteiger partial charge in [-0.2, -0.15) is 0 Å². The van der Waals surface area contributed by atoms with E-state index >= 15 is 0 Å². The van der Waals surface area contributed by atoms with E-state index < -0.39 is 0 Å². The van der Waals surface area contributed by atoms with Gasteiger partial charge in [0.1, 0.15) is 0 Å². The number of hydrogen-bond acceptors (Lipinski definition) is 2. The maximum atomic E-state index is 9.34. The second kappa shape index (κ2) is 4.83. The molecule has 1 aliphatic carbocycles. The van der Waals surface area contributed by atoms with Crippen LogP contribution in [0.2, 0.25) is 0 Å². The number of nitrogens with one attached hydrogen (secondary N) is 1. The summed E-state index contributed by atoms with van der Waals surface area (Å²) in [6.07, 6.45) is 7.58. The molecule has 0 spiro atoms. The van der Waals surface area contributed by atoms with Crippen LogP contribution in [0.4, 0.5) is 0 Å². The highest BCUT2D eigenvalue weighted by Crippen LogP contribution is 2.38. The van der Waals surface area contributed by atoms with Crippen molar-refractivity contribution in [1.29, 1.82) is 0 Å². The second-order valence-electron chi connectivity index (χ2n) is 4.07. The third-order valence-electron chi connectivity index (χ3n) is 3.15. The van der Waals surface area contributed by atoms with Crippen LogP contribution in [0.5, 0.6) is 0 Å². The fourth-order valence-electron chi connectivity index (χ4n) is 2.18. The Balaban J connectivity index is 2.37. The molecule has 0 saturated heterocycles. The molecule has 0 unspecified atom stereocenters. The zero-order valence-corrected chi connectivity index (χ0v) is 8.10. The molecule has 0 aromatic heterocycles. The van der Waals surface area contributed by atoms with Crippen molar-refractivity contribution in [2.24, 2.45) is 5.41 Å². The zero-order valence-electron chi connectivity index (χ0n) is 8.10. The predicted octanol–water partition coefficient (Wildman–Crippen LogP) is 1.54. The molecule has 0 amide bonds. The van der Waals surface area contributed by atoms with Gasteiger partial charge < -0.3 is 10.4 Å². The van der Waals surface area contributed by atoms with Gasteiger partial charge in [0.25, 0.3) is 0 Å². The van der Waals surface area contributed by atoms with Crippen molar-refractivity contribution in [3.63, 3.8) is 0 Å². The Hall–Kier alpha value is -0.0800. The van der Waals surface area contributed by atoms with E-state index in [1.807, 2.05) is 7.05 Å². The molecule has 0 bridgehead atoms. The van der Waals surface area contributed by atoms with E-state index in [2.05, 4.69) is 5.32 Å². The lowest BCUT2D eigenvalue weighted by molar-refractivity contribution is 0.0740. The maximum Gasteiger partial charge on any atom is 0.0487 e. The van der Waals surface area contributed by atoms with Crippen molar-refractivity contribution in [2.45, 2.75) is 38.5 Å². The molecule has 0 aromatic rings. The van der Waals surface area contributed by atoms with E-state index in [1.165, 1.54) is 32.1 Å². The molecule has 1 rings (SSSR count). The van der Waals surface area contributed by atoms with Gasteiger partial charge in [0, 0.05) is 6.61 Å². The minimum Gasteiger partial charge on any atom is -0.396 e. The first-order valence-electron chi connectivity index (χ1n) is 5.08. The summed E-state index contributed by atoms with van der Waals surface area (Å²) >= 11 is 0. The van der Waals surface area contributed by atoms with Gasteiger partial charge in [0.05, 0.1) is 0 Å². The highest BCUT2D eigenvalue weighted by molar-refractivity contribution is 4.82. The first-order chi connectivity index (χ1) is 5.83. The van der Waals surface area contributed by atoms with Crippen LogP contribution in [0.1, 0.15) is 38.5 Å². The van der Waals surface area contributed by atoms with Gasteiger partial charge in [0.2, 0.25) is 0 Å².